The van der Waals surface area contributed by atoms with Gasteiger partial charge in [-0.2, -0.15) is 0 Å². The molecule has 0 bridgehead atoms. The minimum Gasteiger partial charge on any atom is -0.387 e. The van der Waals surface area contributed by atoms with Crippen molar-refractivity contribution in [1.29, 1.82) is 0 Å². The predicted octanol–water partition coefficient (Wildman–Crippen LogP) is 2.57. The zero-order valence-corrected chi connectivity index (χ0v) is 13.6. The van der Waals surface area contributed by atoms with Crippen LogP contribution in [0.5, 0.6) is 0 Å². The molecule has 1 unspecified atom stereocenters. The minimum atomic E-state index is -3.73. The minimum absolute atomic E-state index is 0.0257. The Labute approximate surface area is 135 Å². The van der Waals surface area contributed by atoms with E-state index < -0.39 is 27.0 Å². The van der Waals surface area contributed by atoms with Gasteiger partial charge >= 0.3 is 0 Å². The maximum absolute atomic E-state index is 12.9. The number of sulfone groups is 1. The molecule has 2 aromatic rings. The molecule has 0 radical (unpaired) electrons. The van der Waals surface area contributed by atoms with Crippen molar-refractivity contribution in [3.8, 4) is 0 Å². The summed E-state index contributed by atoms with van der Waals surface area (Å²) in [7, 11) is -3.73. The van der Waals surface area contributed by atoms with Crippen LogP contribution in [0.2, 0.25) is 0 Å². The molecule has 2 rings (SSSR count). The molecule has 124 valence electrons. The van der Waals surface area contributed by atoms with Gasteiger partial charge in [-0.3, -0.25) is 0 Å². The van der Waals surface area contributed by atoms with E-state index in [1.54, 1.807) is 0 Å². The first-order valence-corrected chi connectivity index (χ1v) is 8.76. The molecular formula is C17H19FO4S. The van der Waals surface area contributed by atoms with Crippen LogP contribution in [-0.2, 0) is 21.2 Å². The molecule has 1 atom stereocenters. The van der Waals surface area contributed by atoms with Crippen molar-refractivity contribution in [1.82, 2.24) is 0 Å². The Morgan fingerprint density at radius 2 is 1.70 bits per heavy atom. The Bertz CT molecular complexity index is 725. The van der Waals surface area contributed by atoms with E-state index in [-0.39, 0.29) is 18.1 Å². The highest BCUT2D eigenvalue weighted by Crippen LogP contribution is 2.18. The lowest BCUT2D eigenvalue weighted by molar-refractivity contribution is -0.0246. The van der Waals surface area contributed by atoms with Crippen molar-refractivity contribution in [2.24, 2.45) is 0 Å². The summed E-state index contributed by atoms with van der Waals surface area (Å²) < 4.78 is 42.8. The van der Waals surface area contributed by atoms with Gasteiger partial charge in [-0.05, 0) is 36.8 Å². The first-order valence-electron chi connectivity index (χ1n) is 7.11. The van der Waals surface area contributed by atoms with Gasteiger partial charge in [0.2, 0.25) is 0 Å². The van der Waals surface area contributed by atoms with Crippen molar-refractivity contribution in [2.75, 3.05) is 12.4 Å². The standard InChI is InChI=1S/C17H19FO4S/c1-17(19,12-22-11-14-5-3-2-4-6-14)13-23(20,21)16-9-7-15(18)8-10-16/h2-10,19H,11-13H2,1H3. The summed E-state index contributed by atoms with van der Waals surface area (Å²) in [5.74, 6) is -1.01. The molecule has 2 aromatic carbocycles. The maximum atomic E-state index is 12.9. The summed E-state index contributed by atoms with van der Waals surface area (Å²) in [6.07, 6.45) is 0. The third kappa shape index (κ3) is 5.42. The Morgan fingerprint density at radius 3 is 2.30 bits per heavy atom. The van der Waals surface area contributed by atoms with Crippen LogP contribution in [0.25, 0.3) is 0 Å². The second kappa shape index (κ2) is 7.21. The quantitative estimate of drug-likeness (QED) is 0.788. The molecule has 0 spiro atoms. The summed E-state index contributed by atoms with van der Waals surface area (Å²) in [4.78, 5) is -0.0257. The first-order chi connectivity index (χ1) is 10.8. The molecule has 0 saturated heterocycles. The zero-order valence-electron chi connectivity index (χ0n) is 12.8. The van der Waals surface area contributed by atoms with Gasteiger partial charge in [-0.1, -0.05) is 30.3 Å². The van der Waals surface area contributed by atoms with Gasteiger partial charge in [-0.15, -0.1) is 0 Å². The van der Waals surface area contributed by atoms with Crippen LogP contribution in [0.15, 0.2) is 59.5 Å². The lowest BCUT2D eigenvalue weighted by Gasteiger charge is -2.23. The number of hydrogen-bond donors (Lipinski definition) is 1. The predicted molar refractivity (Wildman–Crippen MR) is 85.2 cm³/mol. The van der Waals surface area contributed by atoms with Gasteiger partial charge in [0.1, 0.15) is 5.82 Å². The van der Waals surface area contributed by atoms with Crippen LogP contribution >= 0.6 is 0 Å². The van der Waals surface area contributed by atoms with Gasteiger partial charge in [0.05, 0.1) is 29.5 Å². The highest BCUT2D eigenvalue weighted by Gasteiger charge is 2.30. The molecule has 0 aliphatic rings. The fraction of sp³-hybridized carbons (Fsp3) is 0.294. The molecule has 23 heavy (non-hydrogen) atoms. The molecule has 0 aliphatic heterocycles. The van der Waals surface area contributed by atoms with Gasteiger partial charge in [-0.25, -0.2) is 12.8 Å². The SMILES string of the molecule is CC(O)(COCc1ccccc1)CS(=O)(=O)c1ccc(F)cc1. The molecule has 0 fully saturated rings. The third-order valence-corrected chi connectivity index (χ3v) is 5.19. The van der Waals surface area contributed by atoms with Crippen LogP contribution in [-0.4, -0.2) is 31.5 Å². The van der Waals surface area contributed by atoms with E-state index >= 15 is 0 Å². The summed E-state index contributed by atoms with van der Waals surface area (Å²) in [5, 5.41) is 10.3. The average Bonchev–Trinajstić information content (AvgIpc) is 2.47. The summed E-state index contributed by atoms with van der Waals surface area (Å²) in [6, 6.07) is 13.9. The fourth-order valence-electron chi connectivity index (χ4n) is 2.14. The molecule has 6 heteroatoms. The Morgan fingerprint density at radius 1 is 1.09 bits per heavy atom. The van der Waals surface area contributed by atoms with Gasteiger partial charge in [0.25, 0.3) is 0 Å². The van der Waals surface area contributed by atoms with Gasteiger partial charge < -0.3 is 9.84 Å². The molecule has 0 aliphatic carbocycles. The highest BCUT2D eigenvalue weighted by atomic mass is 32.2. The lowest BCUT2D eigenvalue weighted by atomic mass is 10.1. The van der Waals surface area contributed by atoms with E-state index in [2.05, 4.69) is 0 Å². The van der Waals surface area contributed by atoms with Crippen LogP contribution in [0, 0.1) is 5.82 Å². The molecular weight excluding hydrogens is 319 g/mol. The molecule has 4 nitrogen and oxygen atoms in total. The number of halogens is 1. The molecule has 0 amide bonds. The van der Waals surface area contributed by atoms with Crippen LogP contribution < -0.4 is 0 Å². The summed E-state index contributed by atoms with van der Waals surface area (Å²) in [6.45, 7) is 1.56. The topological polar surface area (TPSA) is 63.6 Å². The van der Waals surface area contributed by atoms with Crippen LogP contribution in [0.4, 0.5) is 4.39 Å². The summed E-state index contributed by atoms with van der Waals surface area (Å²) >= 11 is 0. The van der Waals surface area contributed by atoms with E-state index in [1.807, 2.05) is 30.3 Å². The van der Waals surface area contributed by atoms with Crippen molar-refractivity contribution in [2.45, 2.75) is 24.0 Å². The molecule has 0 heterocycles. The molecule has 1 N–H and O–H groups in total. The number of hydrogen-bond acceptors (Lipinski definition) is 4. The number of rotatable bonds is 7. The van der Waals surface area contributed by atoms with Crippen molar-refractivity contribution >= 4 is 9.84 Å². The zero-order chi connectivity index (χ0) is 16.9. The molecule has 0 saturated carbocycles. The van der Waals surface area contributed by atoms with E-state index in [0.29, 0.717) is 0 Å². The van der Waals surface area contributed by atoms with Gasteiger partial charge in [0, 0.05) is 0 Å². The molecule has 0 aromatic heterocycles. The number of ether oxygens (including phenoxy) is 1. The maximum Gasteiger partial charge on any atom is 0.181 e. The van der Waals surface area contributed by atoms with Crippen LogP contribution in [0.3, 0.4) is 0 Å². The van der Waals surface area contributed by atoms with E-state index in [0.717, 1.165) is 17.7 Å². The smallest absolute Gasteiger partial charge is 0.181 e. The van der Waals surface area contributed by atoms with Gasteiger partial charge in [0.15, 0.2) is 9.84 Å². The Hall–Kier alpha value is -1.76. The van der Waals surface area contributed by atoms with E-state index in [1.165, 1.54) is 19.1 Å². The highest BCUT2D eigenvalue weighted by molar-refractivity contribution is 7.91. The second-order valence-corrected chi connectivity index (χ2v) is 7.68. The average molecular weight is 338 g/mol. The van der Waals surface area contributed by atoms with Crippen LogP contribution in [0.1, 0.15) is 12.5 Å². The fourth-order valence-corrected chi connectivity index (χ4v) is 3.76. The van der Waals surface area contributed by atoms with Crippen molar-refractivity contribution in [3.05, 3.63) is 66.0 Å². The van der Waals surface area contributed by atoms with E-state index in [4.69, 9.17) is 4.74 Å². The third-order valence-electron chi connectivity index (χ3n) is 3.20. The Kier molecular flexibility index (Phi) is 5.51. The van der Waals surface area contributed by atoms with Crippen molar-refractivity contribution in [3.63, 3.8) is 0 Å². The lowest BCUT2D eigenvalue weighted by Crippen LogP contribution is -2.38. The van der Waals surface area contributed by atoms with E-state index in [9.17, 15) is 17.9 Å². The number of aliphatic hydroxyl groups is 1. The van der Waals surface area contributed by atoms with Crippen molar-refractivity contribution < 1.29 is 22.7 Å². The largest absolute Gasteiger partial charge is 0.387 e. The Balaban J connectivity index is 1.95. The first kappa shape index (κ1) is 17.6. The second-order valence-electron chi connectivity index (χ2n) is 5.69. The monoisotopic (exact) mass is 338 g/mol. The summed E-state index contributed by atoms with van der Waals surface area (Å²) in [5.41, 5.74) is -0.605. The normalized spacial score (nSPS) is 14.4. The number of benzene rings is 2.